The van der Waals surface area contributed by atoms with Gasteiger partial charge in [0.1, 0.15) is 0 Å². The number of rotatable bonds is 3. The van der Waals surface area contributed by atoms with E-state index in [0.29, 0.717) is 5.92 Å². The zero-order valence-corrected chi connectivity index (χ0v) is 9.58. The highest BCUT2D eigenvalue weighted by molar-refractivity contribution is 4.85. The summed E-state index contributed by atoms with van der Waals surface area (Å²) in [6.45, 7) is 4.66. The lowest BCUT2D eigenvalue weighted by atomic mass is 9.73. The second kappa shape index (κ2) is 4.22. The molecule has 3 unspecified atom stereocenters. The molecule has 2 fully saturated rings. The normalized spacial score (nSPS) is 39.0. The van der Waals surface area contributed by atoms with Crippen LogP contribution in [-0.4, -0.2) is 11.2 Å². The number of hydrogen-bond donors (Lipinski definition) is 1. The second-order valence-corrected chi connectivity index (χ2v) is 5.82. The van der Waals surface area contributed by atoms with Crippen molar-refractivity contribution in [1.29, 1.82) is 0 Å². The molecular formula is C13H24O. The highest BCUT2D eigenvalue weighted by Crippen LogP contribution is 2.42. The fourth-order valence-electron chi connectivity index (χ4n) is 2.92. The first-order chi connectivity index (χ1) is 6.66. The summed E-state index contributed by atoms with van der Waals surface area (Å²) in [7, 11) is 0. The third-order valence-electron chi connectivity index (χ3n) is 4.26. The Morgan fingerprint density at radius 3 is 2.43 bits per heavy atom. The number of aliphatic hydroxyl groups excluding tert-OH is 1. The number of hydrogen-bond acceptors (Lipinski definition) is 1. The molecule has 0 spiro atoms. The fourth-order valence-corrected chi connectivity index (χ4v) is 2.92. The molecular weight excluding hydrogens is 172 g/mol. The summed E-state index contributed by atoms with van der Waals surface area (Å²) in [5.41, 5.74) is 0. The monoisotopic (exact) mass is 196 g/mol. The fraction of sp³-hybridized carbons (Fsp3) is 1.00. The molecule has 0 amide bonds. The average Bonchev–Trinajstić information content (AvgIpc) is 2.92. The van der Waals surface area contributed by atoms with Crippen LogP contribution in [-0.2, 0) is 0 Å². The molecule has 0 aromatic heterocycles. The lowest BCUT2D eigenvalue weighted by molar-refractivity contribution is 0.0309. The molecule has 0 heterocycles. The Kier molecular flexibility index (Phi) is 3.16. The van der Waals surface area contributed by atoms with Crippen molar-refractivity contribution in [1.82, 2.24) is 0 Å². The summed E-state index contributed by atoms with van der Waals surface area (Å²) in [5, 5.41) is 9.95. The molecule has 1 nitrogen and oxygen atoms in total. The minimum Gasteiger partial charge on any atom is -0.393 e. The van der Waals surface area contributed by atoms with E-state index < -0.39 is 0 Å². The molecule has 0 radical (unpaired) electrons. The van der Waals surface area contributed by atoms with E-state index in [9.17, 15) is 5.11 Å². The molecule has 2 aliphatic carbocycles. The highest BCUT2D eigenvalue weighted by atomic mass is 16.3. The Morgan fingerprint density at radius 2 is 1.86 bits per heavy atom. The summed E-state index contributed by atoms with van der Waals surface area (Å²) < 4.78 is 0. The Hall–Kier alpha value is -0.0400. The lowest BCUT2D eigenvalue weighted by Gasteiger charge is -2.35. The van der Waals surface area contributed by atoms with Crippen LogP contribution in [0.3, 0.4) is 0 Å². The van der Waals surface area contributed by atoms with Crippen molar-refractivity contribution in [2.45, 2.75) is 58.5 Å². The summed E-state index contributed by atoms with van der Waals surface area (Å²) >= 11 is 0. The van der Waals surface area contributed by atoms with E-state index in [1.807, 2.05) is 0 Å². The van der Waals surface area contributed by atoms with Gasteiger partial charge in [-0.1, -0.05) is 26.7 Å². The molecule has 1 N–H and O–H groups in total. The SMILES string of the molecule is CC(C)C1CCC(O)C(CC2CC2)C1. The summed E-state index contributed by atoms with van der Waals surface area (Å²) in [5.74, 6) is 3.29. The predicted molar refractivity (Wildman–Crippen MR) is 59.0 cm³/mol. The molecule has 0 aromatic carbocycles. The zero-order valence-electron chi connectivity index (χ0n) is 9.58. The summed E-state index contributed by atoms with van der Waals surface area (Å²) in [6.07, 6.45) is 7.77. The smallest absolute Gasteiger partial charge is 0.0568 e. The van der Waals surface area contributed by atoms with Gasteiger partial charge in [0.15, 0.2) is 0 Å². The van der Waals surface area contributed by atoms with Gasteiger partial charge in [-0.25, -0.2) is 0 Å². The van der Waals surface area contributed by atoms with Crippen LogP contribution in [0.25, 0.3) is 0 Å². The first kappa shape index (κ1) is 10.5. The van der Waals surface area contributed by atoms with Gasteiger partial charge < -0.3 is 5.11 Å². The van der Waals surface area contributed by atoms with Crippen LogP contribution in [0.5, 0.6) is 0 Å². The molecule has 2 saturated carbocycles. The van der Waals surface area contributed by atoms with Crippen molar-refractivity contribution in [3.63, 3.8) is 0 Å². The van der Waals surface area contributed by atoms with E-state index in [2.05, 4.69) is 13.8 Å². The Labute approximate surface area is 87.9 Å². The van der Waals surface area contributed by atoms with Crippen molar-refractivity contribution >= 4 is 0 Å². The lowest BCUT2D eigenvalue weighted by Crippen LogP contribution is -2.31. The van der Waals surface area contributed by atoms with E-state index in [0.717, 1.165) is 24.2 Å². The van der Waals surface area contributed by atoms with E-state index in [-0.39, 0.29) is 6.10 Å². The third-order valence-corrected chi connectivity index (χ3v) is 4.26. The predicted octanol–water partition coefficient (Wildman–Crippen LogP) is 3.22. The topological polar surface area (TPSA) is 20.2 Å². The van der Waals surface area contributed by atoms with E-state index in [4.69, 9.17) is 0 Å². The molecule has 2 rings (SSSR count). The van der Waals surface area contributed by atoms with Crippen molar-refractivity contribution in [2.75, 3.05) is 0 Å². The average molecular weight is 196 g/mol. The van der Waals surface area contributed by atoms with E-state index in [1.54, 1.807) is 0 Å². The van der Waals surface area contributed by atoms with Crippen molar-refractivity contribution in [2.24, 2.45) is 23.7 Å². The molecule has 0 aromatic rings. The number of aliphatic hydroxyl groups is 1. The van der Waals surface area contributed by atoms with Crippen LogP contribution in [0.2, 0.25) is 0 Å². The molecule has 0 aliphatic heterocycles. The van der Waals surface area contributed by atoms with Gasteiger partial charge in [-0.15, -0.1) is 0 Å². The van der Waals surface area contributed by atoms with Crippen molar-refractivity contribution < 1.29 is 5.11 Å². The van der Waals surface area contributed by atoms with Crippen molar-refractivity contribution in [3.05, 3.63) is 0 Å². The maximum Gasteiger partial charge on any atom is 0.0568 e. The molecule has 0 bridgehead atoms. The first-order valence-corrected chi connectivity index (χ1v) is 6.35. The van der Waals surface area contributed by atoms with Gasteiger partial charge in [-0.05, 0) is 49.4 Å². The van der Waals surface area contributed by atoms with Crippen LogP contribution in [0.15, 0.2) is 0 Å². The van der Waals surface area contributed by atoms with Crippen LogP contribution >= 0.6 is 0 Å². The third kappa shape index (κ3) is 2.50. The van der Waals surface area contributed by atoms with Gasteiger partial charge in [-0.3, -0.25) is 0 Å². The zero-order chi connectivity index (χ0) is 10.1. The largest absolute Gasteiger partial charge is 0.393 e. The standard InChI is InChI=1S/C13H24O/c1-9(2)11-5-6-13(14)12(8-11)7-10-3-4-10/h9-14H,3-8H2,1-2H3. The Bertz CT molecular complexity index is 184. The van der Waals surface area contributed by atoms with Crippen LogP contribution in [0, 0.1) is 23.7 Å². The van der Waals surface area contributed by atoms with Crippen LogP contribution < -0.4 is 0 Å². The van der Waals surface area contributed by atoms with Crippen LogP contribution in [0.4, 0.5) is 0 Å². The van der Waals surface area contributed by atoms with E-state index >= 15 is 0 Å². The van der Waals surface area contributed by atoms with Gasteiger partial charge in [-0.2, -0.15) is 0 Å². The van der Waals surface area contributed by atoms with E-state index in [1.165, 1.54) is 32.1 Å². The maximum absolute atomic E-state index is 9.95. The molecule has 14 heavy (non-hydrogen) atoms. The van der Waals surface area contributed by atoms with Crippen LogP contribution in [0.1, 0.15) is 52.4 Å². The molecule has 82 valence electrons. The van der Waals surface area contributed by atoms with Gasteiger partial charge in [0.2, 0.25) is 0 Å². The van der Waals surface area contributed by atoms with Gasteiger partial charge in [0, 0.05) is 0 Å². The Balaban J connectivity index is 1.85. The molecule has 1 heteroatoms. The van der Waals surface area contributed by atoms with Crippen molar-refractivity contribution in [3.8, 4) is 0 Å². The maximum atomic E-state index is 9.95. The molecule has 2 aliphatic rings. The minimum absolute atomic E-state index is 0.0191. The van der Waals surface area contributed by atoms with Gasteiger partial charge in [0.05, 0.1) is 6.10 Å². The van der Waals surface area contributed by atoms with Gasteiger partial charge >= 0.3 is 0 Å². The first-order valence-electron chi connectivity index (χ1n) is 6.35. The molecule has 0 saturated heterocycles. The summed E-state index contributed by atoms with van der Waals surface area (Å²) in [4.78, 5) is 0. The van der Waals surface area contributed by atoms with Gasteiger partial charge in [0.25, 0.3) is 0 Å². The quantitative estimate of drug-likeness (QED) is 0.735. The Morgan fingerprint density at radius 1 is 1.14 bits per heavy atom. The second-order valence-electron chi connectivity index (χ2n) is 5.82. The molecule has 3 atom stereocenters. The highest BCUT2D eigenvalue weighted by Gasteiger charge is 2.34. The minimum atomic E-state index is 0.0191. The summed E-state index contributed by atoms with van der Waals surface area (Å²) in [6, 6.07) is 0.